The molecule has 1 aromatic carbocycles. The quantitative estimate of drug-likeness (QED) is 0.845. The molecule has 120 valence electrons. The maximum absolute atomic E-state index is 13.0. The lowest BCUT2D eigenvalue weighted by Crippen LogP contribution is -2.44. The summed E-state index contributed by atoms with van der Waals surface area (Å²) in [5.41, 5.74) is 3.32. The minimum absolute atomic E-state index is 0.0173. The van der Waals surface area contributed by atoms with Crippen LogP contribution in [0.5, 0.6) is 0 Å². The molecule has 1 heterocycles. The number of aromatic nitrogens is 1. The van der Waals surface area contributed by atoms with Gasteiger partial charge in [0.05, 0.1) is 10.6 Å². The summed E-state index contributed by atoms with van der Waals surface area (Å²) in [6, 6.07) is 10.5. The van der Waals surface area contributed by atoms with Gasteiger partial charge in [-0.2, -0.15) is 0 Å². The molecule has 1 aromatic heterocycles. The molecule has 23 heavy (non-hydrogen) atoms. The number of pyridine rings is 1. The van der Waals surface area contributed by atoms with Crippen LogP contribution in [0.3, 0.4) is 0 Å². The second kappa shape index (κ2) is 7.14. The fraction of sp³-hybridized carbons (Fsp3) is 0.368. The summed E-state index contributed by atoms with van der Waals surface area (Å²) in [7, 11) is 0. The van der Waals surface area contributed by atoms with Crippen molar-refractivity contribution in [1.29, 1.82) is 0 Å². The number of carbonyl (C=O) groups excluding carboxylic acids is 1. The second-order valence-electron chi connectivity index (χ2n) is 6.02. The summed E-state index contributed by atoms with van der Waals surface area (Å²) in [6.45, 7) is 2.86. The van der Waals surface area contributed by atoms with E-state index in [0.717, 1.165) is 32.2 Å². The molecule has 3 nitrogen and oxygen atoms in total. The molecule has 0 radical (unpaired) electrons. The Morgan fingerprint density at radius 1 is 1.30 bits per heavy atom. The minimum Gasteiger partial charge on any atom is -0.335 e. The van der Waals surface area contributed by atoms with Crippen molar-refractivity contribution in [3.05, 3.63) is 64.4 Å². The summed E-state index contributed by atoms with van der Waals surface area (Å²) < 4.78 is 0. The normalized spacial score (nSPS) is 16.7. The summed E-state index contributed by atoms with van der Waals surface area (Å²) >= 11 is 6.17. The Morgan fingerprint density at radius 3 is 2.83 bits per heavy atom. The number of rotatable bonds is 4. The number of amides is 1. The first-order chi connectivity index (χ1) is 11.2. The fourth-order valence-electron chi connectivity index (χ4n) is 3.34. The maximum Gasteiger partial charge on any atom is 0.255 e. The van der Waals surface area contributed by atoms with E-state index in [0.29, 0.717) is 10.6 Å². The number of hydrogen-bond donors (Lipinski definition) is 0. The number of nitrogens with zero attached hydrogens (tertiary/aromatic N) is 2. The van der Waals surface area contributed by atoms with E-state index in [-0.39, 0.29) is 11.9 Å². The van der Waals surface area contributed by atoms with E-state index >= 15 is 0 Å². The van der Waals surface area contributed by atoms with Crippen LogP contribution in [-0.2, 0) is 12.8 Å². The van der Waals surface area contributed by atoms with Crippen LogP contribution in [-0.4, -0.2) is 28.4 Å². The monoisotopic (exact) mass is 328 g/mol. The van der Waals surface area contributed by atoms with Gasteiger partial charge in [-0.1, -0.05) is 42.8 Å². The fourth-order valence-corrected chi connectivity index (χ4v) is 3.54. The predicted octanol–water partition coefficient (Wildman–Crippen LogP) is 4.14. The minimum atomic E-state index is 0.0173. The van der Waals surface area contributed by atoms with Crippen molar-refractivity contribution in [2.45, 2.75) is 38.6 Å². The van der Waals surface area contributed by atoms with Gasteiger partial charge in [0, 0.05) is 25.0 Å². The van der Waals surface area contributed by atoms with Gasteiger partial charge in [0.1, 0.15) is 0 Å². The van der Waals surface area contributed by atoms with Gasteiger partial charge in [-0.25, -0.2) is 0 Å². The van der Waals surface area contributed by atoms with Crippen molar-refractivity contribution in [2.75, 3.05) is 6.54 Å². The third-order valence-corrected chi connectivity index (χ3v) is 4.79. The van der Waals surface area contributed by atoms with E-state index < -0.39 is 0 Å². The van der Waals surface area contributed by atoms with Gasteiger partial charge in [0.2, 0.25) is 0 Å². The van der Waals surface area contributed by atoms with E-state index in [9.17, 15) is 4.79 Å². The van der Waals surface area contributed by atoms with Crippen LogP contribution in [0.15, 0.2) is 42.7 Å². The molecule has 1 amide bonds. The molecule has 0 aliphatic heterocycles. The molecule has 0 fully saturated rings. The van der Waals surface area contributed by atoms with E-state index in [2.05, 4.69) is 36.2 Å². The lowest BCUT2D eigenvalue weighted by atomic mass is 9.87. The molecule has 1 aliphatic carbocycles. The Hall–Kier alpha value is -1.87. The molecule has 0 saturated heterocycles. The van der Waals surface area contributed by atoms with Gasteiger partial charge in [-0.05, 0) is 42.9 Å². The topological polar surface area (TPSA) is 33.2 Å². The molecule has 0 bridgehead atoms. The number of carbonyl (C=O) groups is 1. The van der Waals surface area contributed by atoms with Crippen LogP contribution in [0.25, 0.3) is 0 Å². The molecule has 0 N–H and O–H groups in total. The van der Waals surface area contributed by atoms with Crippen molar-refractivity contribution in [3.63, 3.8) is 0 Å². The van der Waals surface area contributed by atoms with Gasteiger partial charge in [0.15, 0.2) is 0 Å². The second-order valence-corrected chi connectivity index (χ2v) is 6.43. The number of hydrogen-bond acceptors (Lipinski definition) is 2. The zero-order chi connectivity index (χ0) is 16.2. The molecule has 3 rings (SSSR count). The molecular weight excluding hydrogens is 308 g/mol. The zero-order valence-electron chi connectivity index (χ0n) is 13.3. The van der Waals surface area contributed by atoms with Crippen molar-refractivity contribution >= 4 is 17.5 Å². The van der Waals surface area contributed by atoms with E-state index in [1.807, 2.05) is 4.90 Å². The summed E-state index contributed by atoms with van der Waals surface area (Å²) in [5.74, 6) is 0.0173. The van der Waals surface area contributed by atoms with Crippen molar-refractivity contribution in [1.82, 2.24) is 9.88 Å². The highest BCUT2D eigenvalue weighted by atomic mass is 35.5. The summed E-state index contributed by atoms with van der Waals surface area (Å²) in [6.07, 6.45) is 7.05. The maximum atomic E-state index is 13.0. The first-order valence-electron chi connectivity index (χ1n) is 8.18. The highest BCUT2D eigenvalue weighted by Crippen LogP contribution is 2.27. The van der Waals surface area contributed by atoms with E-state index in [1.165, 1.54) is 17.3 Å². The Labute approximate surface area is 142 Å². The molecule has 1 aliphatic rings. The third-order valence-electron chi connectivity index (χ3n) is 4.49. The van der Waals surface area contributed by atoms with Crippen LogP contribution < -0.4 is 0 Å². The third kappa shape index (κ3) is 3.40. The summed E-state index contributed by atoms with van der Waals surface area (Å²) in [5, 5.41) is 0.426. The highest BCUT2D eigenvalue weighted by Gasteiger charge is 2.28. The van der Waals surface area contributed by atoms with Gasteiger partial charge in [-0.3, -0.25) is 9.78 Å². The van der Waals surface area contributed by atoms with Crippen molar-refractivity contribution in [2.24, 2.45) is 0 Å². The lowest BCUT2D eigenvalue weighted by molar-refractivity contribution is 0.0661. The Kier molecular flexibility index (Phi) is 4.97. The van der Waals surface area contributed by atoms with E-state index in [4.69, 9.17) is 11.6 Å². The Bertz CT molecular complexity index is 701. The molecular formula is C19H21ClN2O. The van der Waals surface area contributed by atoms with Gasteiger partial charge in [0.25, 0.3) is 5.91 Å². The Morgan fingerprint density at radius 2 is 2.09 bits per heavy atom. The van der Waals surface area contributed by atoms with Crippen LogP contribution in [0.1, 0.15) is 41.3 Å². The van der Waals surface area contributed by atoms with Crippen LogP contribution >= 0.6 is 11.6 Å². The lowest BCUT2D eigenvalue weighted by Gasteiger charge is -2.35. The molecule has 4 heteroatoms. The molecule has 2 aromatic rings. The number of aryl methyl sites for hydroxylation is 1. The van der Waals surface area contributed by atoms with Crippen LogP contribution in [0.4, 0.5) is 0 Å². The number of fused-ring (bicyclic) bond motifs is 1. The summed E-state index contributed by atoms with van der Waals surface area (Å²) in [4.78, 5) is 18.9. The van der Waals surface area contributed by atoms with Crippen molar-refractivity contribution in [3.8, 4) is 0 Å². The van der Waals surface area contributed by atoms with Crippen molar-refractivity contribution < 1.29 is 4.79 Å². The SMILES string of the molecule is CCCN(C(=O)c1ccncc1Cl)[C@@H]1CCc2ccccc2C1. The smallest absolute Gasteiger partial charge is 0.255 e. The molecule has 0 unspecified atom stereocenters. The Balaban J connectivity index is 1.85. The largest absolute Gasteiger partial charge is 0.335 e. The highest BCUT2D eigenvalue weighted by molar-refractivity contribution is 6.33. The van der Waals surface area contributed by atoms with Gasteiger partial charge < -0.3 is 4.90 Å². The van der Waals surface area contributed by atoms with E-state index in [1.54, 1.807) is 12.3 Å². The molecule has 1 atom stereocenters. The van der Waals surface area contributed by atoms with Gasteiger partial charge >= 0.3 is 0 Å². The first-order valence-corrected chi connectivity index (χ1v) is 8.55. The predicted molar refractivity (Wildman–Crippen MR) is 92.8 cm³/mol. The average molecular weight is 329 g/mol. The van der Waals surface area contributed by atoms with Crippen LogP contribution in [0, 0.1) is 0 Å². The molecule has 0 saturated carbocycles. The molecule has 0 spiro atoms. The van der Waals surface area contributed by atoms with Crippen LogP contribution in [0.2, 0.25) is 5.02 Å². The standard InChI is InChI=1S/C19H21ClN2O/c1-2-11-22(19(23)17-9-10-21-13-18(17)20)16-8-7-14-5-3-4-6-15(14)12-16/h3-6,9-10,13,16H,2,7-8,11-12H2,1H3/t16-/m1/s1. The number of benzene rings is 1. The number of halogens is 1. The first kappa shape index (κ1) is 16.0. The van der Waals surface area contributed by atoms with Gasteiger partial charge in [-0.15, -0.1) is 0 Å². The zero-order valence-corrected chi connectivity index (χ0v) is 14.1. The average Bonchev–Trinajstić information content (AvgIpc) is 2.59.